The quantitative estimate of drug-likeness (QED) is 0.187. The summed E-state index contributed by atoms with van der Waals surface area (Å²) in [6.45, 7) is 2.15. The van der Waals surface area contributed by atoms with Crippen LogP contribution in [0.5, 0.6) is 0 Å². The zero-order valence-electron chi connectivity index (χ0n) is 25.5. The van der Waals surface area contributed by atoms with Crippen LogP contribution in [0.3, 0.4) is 0 Å². The van der Waals surface area contributed by atoms with E-state index in [-0.39, 0.29) is 0 Å². The summed E-state index contributed by atoms with van der Waals surface area (Å²) >= 11 is 0. The van der Waals surface area contributed by atoms with Crippen LogP contribution >= 0.6 is 0 Å². The Labute approximate surface area is 268 Å². The van der Waals surface area contributed by atoms with Crippen molar-refractivity contribution in [3.05, 3.63) is 169 Å². The summed E-state index contributed by atoms with van der Waals surface area (Å²) in [5, 5.41) is 7.36. The number of para-hydroxylation sites is 1. The molecule has 0 aliphatic heterocycles. The molecule has 1 aromatic heterocycles. The summed E-state index contributed by atoms with van der Waals surface area (Å²) in [5.74, 6) is 0. The van der Waals surface area contributed by atoms with Gasteiger partial charge in [-0.2, -0.15) is 0 Å². The standard InChI is InChI=1S/C45H30O/c1-29-18-20-31(21-19-29)45-38-16-6-5-15-37(38)44(30-10-3-2-4-11-30)39-24-22-34(28-41(39)45)32-12-9-13-33(26-32)35-23-25-43-40(27-35)36-14-7-8-17-42(36)46-43/h2-28H,1H3. The van der Waals surface area contributed by atoms with E-state index in [0.717, 1.165) is 21.9 Å². The van der Waals surface area contributed by atoms with Crippen LogP contribution in [0.2, 0.25) is 0 Å². The molecule has 0 N–H and O–H groups in total. The van der Waals surface area contributed by atoms with Crippen molar-refractivity contribution in [2.24, 2.45) is 0 Å². The Morgan fingerprint density at radius 1 is 0.304 bits per heavy atom. The zero-order valence-corrected chi connectivity index (χ0v) is 25.5. The van der Waals surface area contributed by atoms with Gasteiger partial charge < -0.3 is 4.42 Å². The van der Waals surface area contributed by atoms with Crippen LogP contribution in [0.25, 0.3) is 88.0 Å². The minimum absolute atomic E-state index is 0.917. The molecule has 0 saturated carbocycles. The Balaban J connectivity index is 1.27. The van der Waals surface area contributed by atoms with Crippen molar-refractivity contribution < 1.29 is 4.42 Å². The molecule has 216 valence electrons. The molecule has 9 rings (SSSR count). The largest absolute Gasteiger partial charge is 0.456 e. The van der Waals surface area contributed by atoms with Crippen LogP contribution in [0.15, 0.2) is 168 Å². The van der Waals surface area contributed by atoms with Crippen molar-refractivity contribution in [1.82, 2.24) is 0 Å². The molecular weight excluding hydrogens is 556 g/mol. The number of rotatable bonds is 4. The van der Waals surface area contributed by atoms with Gasteiger partial charge in [0.25, 0.3) is 0 Å². The summed E-state index contributed by atoms with van der Waals surface area (Å²) in [6, 6.07) is 59.3. The van der Waals surface area contributed by atoms with Crippen LogP contribution in [0, 0.1) is 6.92 Å². The molecule has 1 heteroatoms. The van der Waals surface area contributed by atoms with E-state index in [2.05, 4.69) is 159 Å². The Morgan fingerprint density at radius 3 is 1.52 bits per heavy atom. The van der Waals surface area contributed by atoms with Crippen LogP contribution in [0.4, 0.5) is 0 Å². The Morgan fingerprint density at radius 2 is 0.783 bits per heavy atom. The molecule has 0 atom stereocenters. The van der Waals surface area contributed by atoms with Gasteiger partial charge in [0, 0.05) is 10.8 Å². The topological polar surface area (TPSA) is 13.1 Å². The molecule has 0 bridgehead atoms. The molecule has 46 heavy (non-hydrogen) atoms. The SMILES string of the molecule is Cc1ccc(-c2c3ccccc3c(-c3ccccc3)c3ccc(-c4cccc(-c5ccc6oc7ccccc7c6c5)c4)cc23)cc1. The van der Waals surface area contributed by atoms with Gasteiger partial charge in [-0.3, -0.25) is 0 Å². The van der Waals surface area contributed by atoms with Crippen molar-refractivity contribution in [1.29, 1.82) is 0 Å². The fourth-order valence-corrected chi connectivity index (χ4v) is 7.09. The van der Waals surface area contributed by atoms with Crippen molar-refractivity contribution in [2.45, 2.75) is 6.92 Å². The number of benzene rings is 8. The van der Waals surface area contributed by atoms with Crippen molar-refractivity contribution in [3.63, 3.8) is 0 Å². The fraction of sp³-hybridized carbons (Fsp3) is 0.0222. The van der Waals surface area contributed by atoms with E-state index in [0.29, 0.717) is 0 Å². The number of aryl methyl sites for hydroxylation is 1. The lowest BCUT2D eigenvalue weighted by molar-refractivity contribution is 0.669. The average molecular weight is 587 g/mol. The number of furan rings is 1. The molecule has 0 aliphatic carbocycles. The fourth-order valence-electron chi connectivity index (χ4n) is 7.09. The first-order chi connectivity index (χ1) is 22.7. The Bertz CT molecular complexity index is 2570. The zero-order chi connectivity index (χ0) is 30.6. The van der Waals surface area contributed by atoms with Gasteiger partial charge in [0.1, 0.15) is 11.2 Å². The lowest BCUT2D eigenvalue weighted by Gasteiger charge is -2.19. The maximum Gasteiger partial charge on any atom is 0.135 e. The predicted octanol–water partition coefficient (Wildman–Crippen LogP) is 12.9. The van der Waals surface area contributed by atoms with Crippen LogP contribution < -0.4 is 0 Å². The van der Waals surface area contributed by atoms with E-state index < -0.39 is 0 Å². The monoisotopic (exact) mass is 586 g/mol. The molecule has 0 unspecified atom stereocenters. The van der Waals surface area contributed by atoms with E-state index in [9.17, 15) is 0 Å². The smallest absolute Gasteiger partial charge is 0.135 e. The summed E-state index contributed by atoms with van der Waals surface area (Å²) in [6.07, 6.45) is 0. The maximum atomic E-state index is 6.10. The lowest BCUT2D eigenvalue weighted by Crippen LogP contribution is -1.92. The summed E-state index contributed by atoms with van der Waals surface area (Å²) in [7, 11) is 0. The number of hydrogen-bond acceptors (Lipinski definition) is 1. The highest BCUT2D eigenvalue weighted by Crippen LogP contribution is 2.45. The first kappa shape index (κ1) is 26.5. The molecular formula is C45H30O. The second kappa shape index (κ2) is 10.6. The molecule has 0 radical (unpaired) electrons. The van der Waals surface area contributed by atoms with E-state index in [1.54, 1.807) is 0 Å². The van der Waals surface area contributed by atoms with E-state index in [4.69, 9.17) is 4.42 Å². The van der Waals surface area contributed by atoms with Crippen molar-refractivity contribution in [2.75, 3.05) is 0 Å². The van der Waals surface area contributed by atoms with E-state index in [1.165, 1.54) is 71.6 Å². The normalized spacial score (nSPS) is 11.6. The molecule has 0 spiro atoms. The first-order valence-electron chi connectivity index (χ1n) is 15.8. The third-order valence-electron chi connectivity index (χ3n) is 9.33. The van der Waals surface area contributed by atoms with E-state index in [1.807, 2.05) is 12.1 Å². The minimum atomic E-state index is 0.917. The van der Waals surface area contributed by atoms with Crippen molar-refractivity contribution in [3.8, 4) is 44.5 Å². The second-order valence-electron chi connectivity index (χ2n) is 12.2. The van der Waals surface area contributed by atoms with Gasteiger partial charge >= 0.3 is 0 Å². The highest BCUT2D eigenvalue weighted by atomic mass is 16.3. The lowest BCUT2D eigenvalue weighted by atomic mass is 9.84. The Kier molecular flexibility index (Phi) is 6.11. The molecule has 0 fully saturated rings. The molecule has 8 aromatic carbocycles. The second-order valence-corrected chi connectivity index (χ2v) is 12.2. The summed E-state index contributed by atoms with van der Waals surface area (Å²) < 4.78 is 6.10. The number of fused-ring (bicyclic) bond motifs is 5. The molecule has 0 amide bonds. The van der Waals surface area contributed by atoms with Gasteiger partial charge in [-0.1, -0.05) is 139 Å². The highest BCUT2D eigenvalue weighted by Gasteiger charge is 2.17. The first-order valence-corrected chi connectivity index (χ1v) is 15.8. The van der Waals surface area contributed by atoms with Crippen molar-refractivity contribution >= 4 is 43.5 Å². The Hall–Kier alpha value is -5.92. The molecule has 9 aromatic rings. The van der Waals surface area contributed by atoms with Crippen LogP contribution in [-0.4, -0.2) is 0 Å². The van der Waals surface area contributed by atoms with Gasteiger partial charge in [0.05, 0.1) is 0 Å². The van der Waals surface area contributed by atoms with Crippen LogP contribution in [-0.2, 0) is 0 Å². The van der Waals surface area contributed by atoms with Gasteiger partial charge in [-0.15, -0.1) is 0 Å². The summed E-state index contributed by atoms with van der Waals surface area (Å²) in [4.78, 5) is 0. The number of hydrogen-bond donors (Lipinski definition) is 0. The third kappa shape index (κ3) is 4.32. The van der Waals surface area contributed by atoms with Gasteiger partial charge in [-0.25, -0.2) is 0 Å². The van der Waals surface area contributed by atoms with Gasteiger partial charge in [0.15, 0.2) is 0 Å². The molecule has 1 heterocycles. The molecule has 0 saturated heterocycles. The molecule has 0 aliphatic rings. The minimum Gasteiger partial charge on any atom is -0.456 e. The van der Waals surface area contributed by atoms with E-state index >= 15 is 0 Å². The highest BCUT2D eigenvalue weighted by molar-refractivity contribution is 6.22. The maximum absolute atomic E-state index is 6.10. The summed E-state index contributed by atoms with van der Waals surface area (Å²) in [5.41, 5.74) is 12.9. The van der Waals surface area contributed by atoms with Gasteiger partial charge in [0.2, 0.25) is 0 Å². The molecule has 1 nitrogen and oxygen atoms in total. The van der Waals surface area contributed by atoms with Crippen LogP contribution in [0.1, 0.15) is 5.56 Å². The van der Waals surface area contributed by atoms with Gasteiger partial charge in [-0.05, 0) is 103 Å². The predicted molar refractivity (Wildman–Crippen MR) is 195 cm³/mol. The average Bonchev–Trinajstić information content (AvgIpc) is 3.49. The third-order valence-corrected chi connectivity index (χ3v) is 9.33.